The molecule has 3 heterocycles. The lowest BCUT2D eigenvalue weighted by molar-refractivity contribution is -0.137. The van der Waals surface area contributed by atoms with E-state index in [1.54, 1.807) is 0 Å². The molecule has 0 saturated carbocycles. The summed E-state index contributed by atoms with van der Waals surface area (Å²) < 4.78 is 45.2. The molecule has 0 bridgehead atoms. The maximum absolute atomic E-state index is 12.9. The first-order valence-electron chi connectivity index (χ1n) is 6.58. The van der Waals surface area contributed by atoms with Crippen molar-refractivity contribution in [3.8, 4) is 5.19 Å². The second kappa shape index (κ2) is 6.73. The van der Waals surface area contributed by atoms with Crippen LogP contribution in [0.1, 0.15) is 17.5 Å². The zero-order valence-electron chi connectivity index (χ0n) is 12.0. The molecule has 128 valence electrons. The van der Waals surface area contributed by atoms with Crippen molar-refractivity contribution in [2.75, 3.05) is 6.61 Å². The first kappa shape index (κ1) is 17.2. The Bertz CT molecular complexity index is 866. The molecular weight excluding hydrogens is 387 g/mol. The fourth-order valence-corrected chi connectivity index (χ4v) is 3.68. The molecule has 3 aromatic rings. The number of thioether (sulfide) groups is 1. The highest BCUT2D eigenvalue weighted by molar-refractivity contribution is 7.98. The first-order chi connectivity index (χ1) is 11.4. The summed E-state index contributed by atoms with van der Waals surface area (Å²) in [6, 6.07) is 0.832. The van der Waals surface area contributed by atoms with Crippen molar-refractivity contribution in [2.24, 2.45) is 0 Å². The van der Waals surface area contributed by atoms with Crippen LogP contribution in [-0.2, 0) is 11.9 Å². The fourth-order valence-electron chi connectivity index (χ4n) is 1.79. The lowest BCUT2D eigenvalue weighted by Gasteiger charge is -2.08. The van der Waals surface area contributed by atoms with E-state index in [0.29, 0.717) is 22.6 Å². The minimum absolute atomic E-state index is 0.112. The normalized spacial score (nSPS) is 12.0. The number of pyridine rings is 1. The zero-order valence-corrected chi connectivity index (χ0v) is 14.4. The minimum Gasteiger partial charge on any atom is -0.469 e. The summed E-state index contributed by atoms with van der Waals surface area (Å²) in [4.78, 5) is 0. The first-order valence-corrected chi connectivity index (χ1v) is 8.76. The van der Waals surface area contributed by atoms with Gasteiger partial charge >= 0.3 is 6.18 Å². The van der Waals surface area contributed by atoms with Crippen molar-refractivity contribution >= 4 is 40.3 Å². The summed E-state index contributed by atoms with van der Waals surface area (Å²) in [7, 11) is 0. The van der Waals surface area contributed by atoms with Crippen LogP contribution < -0.4 is 4.74 Å². The Morgan fingerprint density at radius 1 is 1.29 bits per heavy atom. The maximum atomic E-state index is 12.9. The number of rotatable bonds is 5. The molecule has 3 rings (SSSR count). The fraction of sp³-hybridized carbons (Fsp3) is 0.333. The number of alkyl halides is 3. The van der Waals surface area contributed by atoms with Crippen molar-refractivity contribution in [3.63, 3.8) is 0 Å². The van der Waals surface area contributed by atoms with Gasteiger partial charge in [-0.2, -0.15) is 13.2 Å². The average molecular weight is 396 g/mol. The Morgan fingerprint density at radius 3 is 2.79 bits per heavy atom. The second-order valence-electron chi connectivity index (χ2n) is 4.43. The topological polar surface area (TPSA) is 65.2 Å². The van der Waals surface area contributed by atoms with Crippen LogP contribution in [0.25, 0.3) is 5.65 Å². The van der Waals surface area contributed by atoms with Gasteiger partial charge in [0.15, 0.2) is 10.8 Å². The van der Waals surface area contributed by atoms with Crippen LogP contribution in [0.4, 0.5) is 13.2 Å². The number of nitrogens with zero attached hydrogens (tertiary/aromatic N) is 5. The van der Waals surface area contributed by atoms with Crippen LogP contribution in [0.3, 0.4) is 0 Å². The molecule has 3 aromatic heterocycles. The number of hydrogen-bond acceptors (Lipinski definition) is 7. The molecule has 0 N–H and O–H groups in total. The smallest absolute Gasteiger partial charge is 0.417 e. The Balaban J connectivity index is 1.85. The van der Waals surface area contributed by atoms with E-state index in [1.165, 1.54) is 27.5 Å². The Hall–Kier alpha value is -1.59. The van der Waals surface area contributed by atoms with Crippen LogP contribution >= 0.6 is 34.7 Å². The van der Waals surface area contributed by atoms with Gasteiger partial charge in [-0.3, -0.25) is 4.40 Å². The van der Waals surface area contributed by atoms with Crippen LogP contribution in [0.2, 0.25) is 5.02 Å². The van der Waals surface area contributed by atoms with Gasteiger partial charge in [-0.15, -0.1) is 20.4 Å². The molecule has 0 aliphatic carbocycles. The van der Waals surface area contributed by atoms with Gasteiger partial charge in [-0.05, 0) is 13.0 Å². The summed E-state index contributed by atoms with van der Waals surface area (Å²) in [5, 5.41) is 16.8. The Kier molecular flexibility index (Phi) is 4.83. The van der Waals surface area contributed by atoms with Crippen LogP contribution in [0, 0.1) is 0 Å². The molecule has 0 saturated heterocycles. The van der Waals surface area contributed by atoms with E-state index >= 15 is 0 Å². The molecule has 0 aromatic carbocycles. The van der Waals surface area contributed by atoms with Crippen molar-refractivity contribution in [1.82, 2.24) is 24.8 Å². The summed E-state index contributed by atoms with van der Waals surface area (Å²) in [5.41, 5.74) is -0.698. The molecule has 24 heavy (non-hydrogen) atoms. The number of aromatic nitrogens is 5. The number of halogens is 4. The largest absolute Gasteiger partial charge is 0.469 e. The molecule has 0 aliphatic heterocycles. The van der Waals surface area contributed by atoms with Gasteiger partial charge in [0.25, 0.3) is 5.19 Å². The molecule has 0 radical (unpaired) electrons. The second-order valence-corrected chi connectivity index (χ2v) is 6.81. The molecule has 0 fully saturated rings. The van der Waals surface area contributed by atoms with E-state index in [-0.39, 0.29) is 15.8 Å². The molecule has 0 atom stereocenters. The minimum atomic E-state index is -4.50. The average Bonchev–Trinajstić information content (AvgIpc) is 3.11. The van der Waals surface area contributed by atoms with E-state index in [1.807, 2.05) is 6.92 Å². The summed E-state index contributed by atoms with van der Waals surface area (Å²) in [6.45, 7) is 2.31. The lowest BCUT2D eigenvalue weighted by Crippen LogP contribution is -2.07. The SMILES string of the molecule is CCOc1nnc(CSc2nnc3c(Cl)cc(C(F)(F)F)cn23)s1. The summed E-state index contributed by atoms with van der Waals surface area (Å²) >= 11 is 8.32. The summed E-state index contributed by atoms with van der Waals surface area (Å²) in [5.74, 6) is 0.374. The number of fused-ring (bicyclic) bond motifs is 1. The van der Waals surface area contributed by atoms with Gasteiger partial charge in [0.05, 0.1) is 22.9 Å². The third kappa shape index (κ3) is 3.57. The zero-order chi connectivity index (χ0) is 17.3. The van der Waals surface area contributed by atoms with Gasteiger partial charge in [0.2, 0.25) is 0 Å². The molecule has 0 aliphatic rings. The lowest BCUT2D eigenvalue weighted by atomic mass is 10.3. The van der Waals surface area contributed by atoms with Gasteiger partial charge < -0.3 is 4.74 Å². The standard InChI is InChI=1S/C12H9ClF3N5OS2/c1-2-22-11-20-17-8(24-11)5-23-10-19-18-9-7(13)3-6(4-21(9)10)12(14,15)16/h3-4H,2,5H2,1H3. The van der Waals surface area contributed by atoms with Crippen LogP contribution in [-0.4, -0.2) is 31.4 Å². The van der Waals surface area contributed by atoms with Crippen LogP contribution in [0.15, 0.2) is 17.4 Å². The van der Waals surface area contributed by atoms with E-state index in [0.717, 1.165) is 12.3 Å². The Labute approximate surface area is 147 Å². The maximum Gasteiger partial charge on any atom is 0.417 e. The molecule has 0 amide bonds. The molecule has 6 nitrogen and oxygen atoms in total. The predicted octanol–water partition coefficient (Wildman–Crippen LogP) is 3.94. The van der Waals surface area contributed by atoms with E-state index in [2.05, 4.69) is 20.4 Å². The Morgan fingerprint density at radius 2 is 2.08 bits per heavy atom. The molecular formula is C12H9ClF3N5OS2. The molecule has 0 unspecified atom stereocenters. The van der Waals surface area contributed by atoms with Gasteiger partial charge in [0.1, 0.15) is 5.01 Å². The monoisotopic (exact) mass is 395 g/mol. The third-order valence-corrected chi connectivity index (χ3v) is 5.05. The highest BCUT2D eigenvalue weighted by Crippen LogP contribution is 2.34. The van der Waals surface area contributed by atoms with Gasteiger partial charge in [-0.25, -0.2) is 0 Å². The molecule has 12 heteroatoms. The highest BCUT2D eigenvalue weighted by Gasteiger charge is 2.32. The number of ether oxygens (including phenoxy) is 1. The third-order valence-electron chi connectivity index (χ3n) is 2.80. The predicted molar refractivity (Wildman–Crippen MR) is 83.6 cm³/mol. The van der Waals surface area contributed by atoms with E-state index < -0.39 is 11.7 Å². The van der Waals surface area contributed by atoms with Crippen molar-refractivity contribution in [1.29, 1.82) is 0 Å². The quantitative estimate of drug-likeness (QED) is 0.609. The van der Waals surface area contributed by atoms with Crippen molar-refractivity contribution in [2.45, 2.75) is 24.0 Å². The van der Waals surface area contributed by atoms with Crippen molar-refractivity contribution < 1.29 is 17.9 Å². The van der Waals surface area contributed by atoms with E-state index in [9.17, 15) is 13.2 Å². The molecule has 0 spiro atoms. The van der Waals surface area contributed by atoms with Gasteiger partial charge in [0, 0.05) is 6.20 Å². The van der Waals surface area contributed by atoms with Gasteiger partial charge in [-0.1, -0.05) is 34.7 Å². The summed E-state index contributed by atoms with van der Waals surface area (Å²) in [6.07, 6.45) is -3.58. The van der Waals surface area contributed by atoms with Crippen LogP contribution in [0.5, 0.6) is 5.19 Å². The van der Waals surface area contributed by atoms with E-state index in [4.69, 9.17) is 16.3 Å². The highest BCUT2D eigenvalue weighted by atomic mass is 35.5. The van der Waals surface area contributed by atoms with Crippen molar-refractivity contribution in [3.05, 3.63) is 27.9 Å². The number of hydrogen-bond donors (Lipinski definition) is 0.